The zero-order chi connectivity index (χ0) is 11.3. The van der Waals surface area contributed by atoms with Gasteiger partial charge < -0.3 is 5.32 Å². The number of hydrogen-bond acceptors (Lipinski definition) is 2. The van der Waals surface area contributed by atoms with E-state index in [2.05, 4.69) is 37.2 Å². The number of thiophene rings is 1. The molecule has 0 aliphatic heterocycles. The van der Waals surface area contributed by atoms with E-state index in [1.807, 2.05) is 6.07 Å². The van der Waals surface area contributed by atoms with Crippen molar-refractivity contribution in [2.45, 2.75) is 12.8 Å². The molecule has 1 amide bonds. The number of rotatable bonds is 5. The van der Waals surface area contributed by atoms with Crippen molar-refractivity contribution in [3.05, 3.63) is 19.2 Å². The molecule has 1 rings (SSSR count). The van der Waals surface area contributed by atoms with Gasteiger partial charge in [0.25, 0.3) is 5.91 Å². The molecule has 0 aliphatic rings. The van der Waals surface area contributed by atoms with Gasteiger partial charge in [0, 0.05) is 12.4 Å². The lowest BCUT2D eigenvalue weighted by molar-refractivity contribution is 0.0953. The Hall–Kier alpha value is 0.420. The van der Waals surface area contributed by atoms with Crippen molar-refractivity contribution in [2.75, 3.05) is 12.4 Å². The average Bonchev–Trinajstić information content (AvgIpc) is 2.52. The molecule has 1 N–H and O–H groups in total. The number of alkyl halides is 1. The number of carbonyl (C=O) groups excluding carboxylic acids is 1. The summed E-state index contributed by atoms with van der Waals surface area (Å²) < 4.78 is 1.80. The summed E-state index contributed by atoms with van der Waals surface area (Å²) in [7, 11) is 0. The van der Waals surface area contributed by atoms with Gasteiger partial charge in [-0.1, -0.05) is 0 Å². The number of hydrogen-bond donors (Lipinski definition) is 1. The second-order valence-electron chi connectivity index (χ2n) is 2.89. The Bertz CT molecular complexity index is 343. The summed E-state index contributed by atoms with van der Waals surface area (Å²) in [5.41, 5.74) is 0.678. The molecule has 0 atom stereocenters. The number of carbonyl (C=O) groups is 1. The Morgan fingerprint density at radius 3 is 2.73 bits per heavy atom. The van der Waals surface area contributed by atoms with Gasteiger partial charge in [-0.3, -0.25) is 4.79 Å². The first-order valence-corrected chi connectivity index (χ1v) is 7.38. The predicted molar refractivity (Wildman–Crippen MR) is 72.0 cm³/mol. The fourth-order valence-electron chi connectivity index (χ4n) is 1.01. The molecule has 0 unspecified atom stereocenters. The molecule has 2 nitrogen and oxygen atoms in total. The lowest BCUT2D eigenvalue weighted by Gasteiger charge is -2.02. The third-order valence-electron chi connectivity index (χ3n) is 1.75. The SMILES string of the molecule is O=C(NCCCCCl)c1cc(Br)sc1Br. The molecule has 0 spiro atoms. The van der Waals surface area contributed by atoms with E-state index in [9.17, 15) is 4.79 Å². The van der Waals surface area contributed by atoms with Crippen molar-refractivity contribution in [3.8, 4) is 0 Å². The Kier molecular flexibility index (Phi) is 6.19. The topological polar surface area (TPSA) is 29.1 Å². The maximum atomic E-state index is 11.7. The van der Waals surface area contributed by atoms with Crippen LogP contribution in [0.3, 0.4) is 0 Å². The van der Waals surface area contributed by atoms with E-state index >= 15 is 0 Å². The second-order valence-corrected chi connectivity index (χ2v) is 7.02. The monoisotopic (exact) mass is 373 g/mol. The van der Waals surface area contributed by atoms with Crippen LogP contribution >= 0.6 is 54.8 Å². The first kappa shape index (κ1) is 13.5. The van der Waals surface area contributed by atoms with Gasteiger partial charge in [0.05, 0.1) is 13.1 Å². The molecule has 0 bridgehead atoms. The average molecular weight is 376 g/mol. The van der Waals surface area contributed by atoms with Crippen molar-refractivity contribution in [1.29, 1.82) is 0 Å². The number of unbranched alkanes of at least 4 members (excludes halogenated alkanes) is 1. The minimum absolute atomic E-state index is 0.0432. The van der Waals surface area contributed by atoms with Gasteiger partial charge in [0.1, 0.15) is 0 Å². The summed E-state index contributed by atoms with van der Waals surface area (Å²) in [6.45, 7) is 0.672. The molecule has 0 radical (unpaired) electrons. The van der Waals surface area contributed by atoms with Gasteiger partial charge in [0.15, 0.2) is 0 Å². The fourth-order valence-corrected chi connectivity index (χ4v) is 3.99. The normalized spacial score (nSPS) is 10.3. The van der Waals surface area contributed by atoms with Crippen molar-refractivity contribution in [1.82, 2.24) is 5.32 Å². The van der Waals surface area contributed by atoms with Crippen LogP contribution in [0, 0.1) is 0 Å². The van der Waals surface area contributed by atoms with Crippen LogP contribution in [0.15, 0.2) is 13.6 Å². The first-order valence-electron chi connectivity index (χ1n) is 4.44. The number of nitrogens with one attached hydrogen (secondary N) is 1. The number of amides is 1. The van der Waals surface area contributed by atoms with Crippen LogP contribution < -0.4 is 5.32 Å². The van der Waals surface area contributed by atoms with Crippen LogP contribution in [0.5, 0.6) is 0 Å². The Balaban J connectivity index is 2.43. The first-order chi connectivity index (χ1) is 7.15. The summed E-state index contributed by atoms with van der Waals surface area (Å²) in [5.74, 6) is 0.599. The van der Waals surface area contributed by atoms with Gasteiger partial charge in [-0.2, -0.15) is 0 Å². The molecular formula is C9H10Br2ClNOS. The van der Waals surface area contributed by atoms with E-state index in [1.54, 1.807) is 0 Å². The molecule has 0 aliphatic carbocycles. The van der Waals surface area contributed by atoms with Gasteiger partial charge >= 0.3 is 0 Å². The predicted octanol–water partition coefficient (Wildman–Crippen LogP) is 4.02. The summed E-state index contributed by atoms with van der Waals surface area (Å²) >= 11 is 13.7. The quantitative estimate of drug-likeness (QED) is 0.611. The smallest absolute Gasteiger partial charge is 0.253 e. The van der Waals surface area contributed by atoms with Crippen LogP contribution in [0.1, 0.15) is 23.2 Å². The molecule has 15 heavy (non-hydrogen) atoms. The van der Waals surface area contributed by atoms with Gasteiger partial charge in [-0.15, -0.1) is 22.9 Å². The van der Waals surface area contributed by atoms with Crippen LogP contribution in [0.2, 0.25) is 0 Å². The van der Waals surface area contributed by atoms with E-state index in [4.69, 9.17) is 11.6 Å². The van der Waals surface area contributed by atoms with Gasteiger partial charge in [-0.25, -0.2) is 0 Å². The highest BCUT2D eigenvalue weighted by Crippen LogP contribution is 2.31. The minimum Gasteiger partial charge on any atom is -0.352 e. The Morgan fingerprint density at radius 1 is 1.47 bits per heavy atom. The molecule has 1 aromatic rings. The van der Waals surface area contributed by atoms with E-state index < -0.39 is 0 Å². The van der Waals surface area contributed by atoms with Crippen molar-refractivity contribution >= 4 is 60.7 Å². The summed E-state index contributed by atoms with van der Waals surface area (Å²) in [6.07, 6.45) is 1.84. The molecule has 84 valence electrons. The van der Waals surface area contributed by atoms with Gasteiger partial charge in [0.2, 0.25) is 0 Å². The molecule has 0 saturated heterocycles. The molecular weight excluding hydrogens is 365 g/mol. The Labute approximate surface area is 115 Å². The zero-order valence-corrected chi connectivity index (χ0v) is 12.6. The molecule has 6 heteroatoms. The summed E-state index contributed by atoms with van der Waals surface area (Å²) in [4.78, 5) is 11.7. The van der Waals surface area contributed by atoms with Crippen molar-refractivity contribution in [2.24, 2.45) is 0 Å². The summed E-state index contributed by atoms with van der Waals surface area (Å²) in [5, 5.41) is 2.85. The lowest BCUT2D eigenvalue weighted by atomic mass is 10.3. The van der Waals surface area contributed by atoms with Crippen molar-refractivity contribution < 1.29 is 4.79 Å². The third-order valence-corrected chi connectivity index (χ3v) is 4.35. The highest BCUT2D eigenvalue weighted by Gasteiger charge is 2.12. The van der Waals surface area contributed by atoms with E-state index in [-0.39, 0.29) is 5.91 Å². The van der Waals surface area contributed by atoms with E-state index in [0.717, 1.165) is 20.4 Å². The van der Waals surface area contributed by atoms with Crippen LogP contribution in [0.4, 0.5) is 0 Å². The van der Waals surface area contributed by atoms with Crippen molar-refractivity contribution in [3.63, 3.8) is 0 Å². The molecule has 0 fully saturated rings. The second kappa shape index (κ2) is 6.89. The minimum atomic E-state index is -0.0432. The highest BCUT2D eigenvalue weighted by atomic mass is 79.9. The highest BCUT2D eigenvalue weighted by molar-refractivity contribution is 9.12. The molecule has 1 aromatic heterocycles. The standard InChI is InChI=1S/C9H10Br2ClNOS/c10-7-5-6(8(11)15-7)9(14)13-4-2-1-3-12/h5H,1-4H2,(H,13,14). The third kappa shape index (κ3) is 4.43. The van der Waals surface area contributed by atoms with Crippen LogP contribution in [0.25, 0.3) is 0 Å². The molecule has 0 aromatic carbocycles. The van der Waals surface area contributed by atoms with Crippen LogP contribution in [-0.4, -0.2) is 18.3 Å². The molecule has 0 saturated carbocycles. The van der Waals surface area contributed by atoms with E-state index in [0.29, 0.717) is 18.0 Å². The fraction of sp³-hybridized carbons (Fsp3) is 0.444. The van der Waals surface area contributed by atoms with E-state index in [1.165, 1.54) is 11.3 Å². The maximum absolute atomic E-state index is 11.7. The maximum Gasteiger partial charge on any atom is 0.253 e. The molecule has 1 heterocycles. The van der Waals surface area contributed by atoms with Crippen LogP contribution in [-0.2, 0) is 0 Å². The Morgan fingerprint density at radius 2 is 2.20 bits per heavy atom. The lowest BCUT2D eigenvalue weighted by Crippen LogP contribution is -2.24. The largest absolute Gasteiger partial charge is 0.352 e. The van der Waals surface area contributed by atoms with Gasteiger partial charge in [-0.05, 0) is 50.8 Å². The summed E-state index contributed by atoms with van der Waals surface area (Å²) in [6, 6.07) is 1.81. The zero-order valence-electron chi connectivity index (χ0n) is 7.86. The number of halogens is 3.